The number of carbonyl (C=O) groups excluding carboxylic acids is 1. The van der Waals surface area contributed by atoms with Crippen LogP contribution in [-0.4, -0.2) is 33.2 Å². The topological polar surface area (TPSA) is 81.9 Å². The quantitative estimate of drug-likeness (QED) is 0.751. The highest BCUT2D eigenvalue weighted by Crippen LogP contribution is 2.34. The number of nitrogens with zero attached hydrogens (tertiary/aromatic N) is 4. The van der Waals surface area contributed by atoms with Crippen molar-refractivity contribution in [1.29, 1.82) is 0 Å². The summed E-state index contributed by atoms with van der Waals surface area (Å²) >= 11 is 12.2. The Morgan fingerprint density at radius 1 is 1.20 bits per heavy atom. The van der Waals surface area contributed by atoms with Crippen LogP contribution < -0.4 is 10.1 Å². The van der Waals surface area contributed by atoms with Gasteiger partial charge in [-0.1, -0.05) is 29.3 Å². The lowest BCUT2D eigenvalue weighted by Crippen LogP contribution is -2.12. The molecule has 3 rings (SSSR count). The van der Waals surface area contributed by atoms with Crippen LogP contribution in [0.2, 0.25) is 10.0 Å². The monoisotopic (exact) mass is 377 g/mol. The molecule has 1 N–H and O–H groups in total. The fraction of sp³-hybridized carbons (Fsp3) is 0.125. The first-order valence-corrected chi connectivity index (χ1v) is 7.95. The number of hydrogen-bond acceptors (Lipinski definition) is 5. The van der Waals surface area contributed by atoms with E-state index in [1.165, 1.54) is 19.2 Å². The Kier molecular flexibility index (Phi) is 4.87. The molecule has 7 nitrogen and oxygen atoms in total. The van der Waals surface area contributed by atoms with E-state index in [2.05, 4.69) is 20.8 Å². The van der Waals surface area contributed by atoms with Crippen LogP contribution in [0, 0.1) is 6.92 Å². The molecule has 0 unspecified atom stereocenters. The number of halogens is 2. The van der Waals surface area contributed by atoms with Crippen molar-refractivity contribution in [2.45, 2.75) is 6.92 Å². The fourth-order valence-corrected chi connectivity index (χ4v) is 2.92. The number of anilines is 1. The standard InChI is InChI=1S/C16H13Cl2N5O2/c1-9-20-21-22-23(9)12-5-3-4-11(8-12)19-16(24)10-6-13(17)15(25-2)14(18)7-10/h3-8H,1-2H3,(H,19,24). The van der Waals surface area contributed by atoms with E-state index >= 15 is 0 Å². The number of amides is 1. The minimum atomic E-state index is -0.350. The van der Waals surface area contributed by atoms with Gasteiger partial charge >= 0.3 is 0 Å². The van der Waals surface area contributed by atoms with Crippen molar-refractivity contribution in [1.82, 2.24) is 20.2 Å². The molecule has 25 heavy (non-hydrogen) atoms. The van der Waals surface area contributed by atoms with Crippen LogP contribution in [-0.2, 0) is 0 Å². The third kappa shape index (κ3) is 3.57. The lowest BCUT2D eigenvalue weighted by atomic mass is 10.2. The molecule has 1 amide bonds. The number of nitrogens with one attached hydrogen (secondary N) is 1. The molecule has 0 aliphatic rings. The fourth-order valence-electron chi connectivity index (χ4n) is 2.27. The maximum atomic E-state index is 12.5. The SMILES string of the molecule is COc1c(Cl)cc(C(=O)Nc2cccc(-n3nnnc3C)c2)cc1Cl. The largest absolute Gasteiger partial charge is 0.494 e. The zero-order valence-corrected chi connectivity index (χ0v) is 14.8. The van der Waals surface area contributed by atoms with Crippen LogP contribution in [0.1, 0.15) is 16.2 Å². The molecule has 3 aromatic rings. The molecule has 0 atom stereocenters. The van der Waals surface area contributed by atoms with Gasteiger partial charge in [-0.15, -0.1) is 5.10 Å². The van der Waals surface area contributed by atoms with Gasteiger partial charge in [0.1, 0.15) is 0 Å². The molecule has 9 heteroatoms. The average Bonchev–Trinajstić information content (AvgIpc) is 3.01. The van der Waals surface area contributed by atoms with Gasteiger partial charge in [-0.25, -0.2) is 0 Å². The lowest BCUT2D eigenvalue weighted by Gasteiger charge is -2.10. The van der Waals surface area contributed by atoms with Gasteiger partial charge in [-0.2, -0.15) is 4.68 Å². The van der Waals surface area contributed by atoms with Crippen molar-refractivity contribution in [3.8, 4) is 11.4 Å². The molecule has 0 bridgehead atoms. The molecule has 0 saturated carbocycles. The number of carbonyl (C=O) groups is 1. The second-order valence-corrected chi connectivity index (χ2v) is 5.93. The summed E-state index contributed by atoms with van der Waals surface area (Å²) in [5.41, 5.74) is 1.63. The summed E-state index contributed by atoms with van der Waals surface area (Å²) in [5, 5.41) is 14.7. The second-order valence-electron chi connectivity index (χ2n) is 5.12. The van der Waals surface area contributed by atoms with Crippen molar-refractivity contribution < 1.29 is 9.53 Å². The molecule has 128 valence electrons. The predicted octanol–water partition coefficient (Wildman–Crippen LogP) is 3.54. The van der Waals surface area contributed by atoms with Gasteiger partial charge < -0.3 is 10.1 Å². The number of hydrogen-bond donors (Lipinski definition) is 1. The summed E-state index contributed by atoms with van der Waals surface area (Å²) in [4.78, 5) is 12.5. The first-order valence-electron chi connectivity index (χ1n) is 7.19. The van der Waals surface area contributed by atoms with Crippen LogP contribution >= 0.6 is 23.2 Å². The second kappa shape index (κ2) is 7.08. The average molecular weight is 378 g/mol. The van der Waals surface area contributed by atoms with Gasteiger partial charge in [0.05, 0.1) is 22.8 Å². The van der Waals surface area contributed by atoms with Crippen molar-refractivity contribution >= 4 is 34.8 Å². The third-order valence-corrected chi connectivity index (χ3v) is 4.00. The Bertz CT molecular complexity index is 919. The number of tetrazole rings is 1. The molecule has 1 aromatic heterocycles. The van der Waals surface area contributed by atoms with Gasteiger partial charge in [0.25, 0.3) is 5.91 Å². The minimum absolute atomic E-state index is 0.262. The van der Waals surface area contributed by atoms with Crippen molar-refractivity contribution in [2.24, 2.45) is 0 Å². The van der Waals surface area contributed by atoms with Crippen molar-refractivity contribution in [3.05, 3.63) is 57.8 Å². The zero-order chi connectivity index (χ0) is 18.0. The van der Waals surface area contributed by atoms with Crippen LogP contribution in [0.3, 0.4) is 0 Å². The number of aromatic nitrogens is 4. The molecule has 0 saturated heterocycles. The Morgan fingerprint density at radius 3 is 2.52 bits per heavy atom. The Labute approximate surface area is 153 Å². The number of aryl methyl sites for hydroxylation is 1. The van der Waals surface area contributed by atoms with E-state index in [-0.39, 0.29) is 16.0 Å². The molecular weight excluding hydrogens is 365 g/mol. The van der Waals surface area contributed by atoms with E-state index in [1.807, 2.05) is 6.07 Å². The highest BCUT2D eigenvalue weighted by molar-refractivity contribution is 6.37. The summed E-state index contributed by atoms with van der Waals surface area (Å²) in [6.07, 6.45) is 0. The van der Waals surface area contributed by atoms with Gasteiger partial charge in [0.2, 0.25) is 0 Å². The summed E-state index contributed by atoms with van der Waals surface area (Å²) < 4.78 is 6.65. The smallest absolute Gasteiger partial charge is 0.255 e. The number of rotatable bonds is 4. The van der Waals surface area contributed by atoms with E-state index in [0.29, 0.717) is 22.8 Å². The number of methoxy groups -OCH3 is 1. The van der Waals surface area contributed by atoms with E-state index in [0.717, 1.165) is 5.69 Å². The van der Waals surface area contributed by atoms with Crippen LogP contribution in [0.5, 0.6) is 5.75 Å². The number of ether oxygens (including phenoxy) is 1. The molecule has 0 fully saturated rings. The molecule has 0 spiro atoms. The summed E-state index contributed by atoms with van der Waals surface area (Å²) in [6.45, 7) is 1.78. The van der Waals surface area contributed by atoms with Gasteiger partial charge in [-0.05, 0) is 47.7 Å². The van der Waals surface area contributed by atoms with Crippen molar-refractivity contribution in [3.63, 3.8) is 0 Å². The minimum Gasteiger partial charge on any atom is -0.494 e. The normalized spacial score (nSPS) is 10.6. The van der Waals surface area contributed by atoms with E-state index in [1.54, 1.807) is 29.8 Å². The zero-order valence-electron chi connectivity index (χ0n) is 13.3. The van der Waals surface area contributed by atoms with Crippen LogP contribution in [0.25, 0.3) is 5.69 Å². The molecule has 1 heterocycles. The maximum Gasteiger partial charge on any atom is 0.255 e. The Morgan fingerprint density at radius 2 is 1.92 bits per heavy atom. The van der Waals surface area contributed by atoms with Gasteiger partial charge in [0.15, 0.2) is 11.6 Å². The van der Waals surface area contributed by atoms with E-state index in [9.17, 15) is 4.79 Å². The van der Waals surface area contributed by atoms with Gasteiger partial charge in [0, 0.05) is 11.3 Å². The third-order valence-electron chi connectivity index (χ3n) is 3.44. The Balaban J connectivity index is 1.86. The predicted molar refractivity (Wildman–Crippen MR) is 94.9 cm³/mol. The summed E-state index contributed by atoms with van der Waals surface area (Å²) in [5.74, 6) is 0.616. The van der Waals surface area contributed by atoms with Crippen LogP contribution in [0.15, 0.2) is 36.4 Å². The summed E-state index contributed by atoms with van der Waals surface area (Å²) in [6, 6.07) is 10.1. The number of benzene rings is 2. The molecule has 0 radical (unpaired) electrons. The molecule has 2 aromatic carbocycles. The van der Waals surface area contributed by atoms with E-state index in [4.69, 9.17) is 27.9 Å². The first kappa shape index (κ1) is 17.2. The molecule has 0 aliphatic carbocycles. The first-order chi connectivity index (χ1) is 12.0. The van der Waals surface area contributed by atoms with Crippen molar-refractivity contribution in [2.75, 3.05) is 12.4 Å². The molecule has 0 aliphatic heterocycles. The highest BCUT2D eigenvalue weighted by Gasteiger charge is 2.14. The maximum absolute atomic E-state index is 12.5. The molecular formula is C16H13Cl2N5O2. The lowest BCUT2D eigenvalue weighted by molar-refractivity contribution is 0.102. The summed E-state index contributed by atoms with van der Waals surface area (Å²) in [7, 11) is 1.46. The highest BCUT2D eigenvalue weighted by atomic mass is 35.5. The van der Waals surface area contributed by atoms with E-state index < -0.39 is 0 Å². The Hall–Kier alpha value is -2.64. The van der Waals surface area contributed by atoms with Gasteiger partial charge in [-0.3, -0.25) is 4.79 Å². The van der Waals surface area contributed by atoms with Crippen LogP contribution in [0.4, 0.5) is 5.69 Å².